The van der Waals surface area contributed by atoms with Crippen molar-refractivity contribution in [3.63, 3.8) is 0 Å². The summed E-state index contributed by atoms with van der Waals surface area (Å²) in [5.41, 5.74) is 0.520. The van der Waals surface area contributed by atoms with Crippen molar-refractivity contribution in [2.75, 3.05) is 6.61 Å². The number of hydrogen-bond donors (Lipinski definition) is 1. The minimum Gasteiger partial charge on any atom is -0.490 e. The van der Waals surface area contributed by atoms with Gasteiger partial charge in [-0.05, 0) is 17.7 Å². The fraction of sp³-hybridized carbons (Fsp3) is 0.273. The molecule has 1 aromatic rings. The predicted octanol–water partition coefficient (Wildman–Crippen LogP) is 1.72. The second-order valence-corrected chi connectivity index (χ2v) is 2.73. The van der Waals surface area contributed by atoms with E-state index in [0.717, 1.165) is 0 Å². The van der Waals surface area contributed by atoms with E-state index in [1.165, 1.54) is 12.1 Å². The van der Waals surface area contributed by atoms with Gasteiger partial charge in [0, 0.05) is 6.42 Å². The monoisotopic (exact) mass is 194 g/mol. The Morgan fingerprint density at radius 1 is 1.50 bits per heavy atom. The maximum Gasteiger partial charge on any atom is 0.165 e. The minimum absolute atomic E-state index is 0.164. The number of benzene rings is 1. The molecule has 0 aromatic heterocycles. The number of rotatable bonds is 4. The van der Waals surface area contributed by atoms with Gasteiger partial charge in [0.1, 0.15) is 0 Å². The van der Waals surface area contributed by atoms with Crippen LogP contribution in [0.25, 0.3) is 0 Å². The summed E-state index contributed by atoms with van der Waals surface area (Å²) in [7, 11) is 0. The summed E-state index contributed by atoms with van der Waals surface area (Å²) in [5, 5.41) is 8.73. The fourth-order valence-electron chi connectivity index (χ4n) is 0.980. The van der Waals surface area contributed by atoms with Crippen molar-refractivity contribution in [1.82, 2.24) is 0 Å². The average molecular weight is 194 g/mol. The van der Waals surface area contributed by atoms with E-state index in [1.807, 2.05) is 0 Å². The Hall–Kier alpha value is -1.53. The molecule has 0 radical (unpaired) electrons. The van der Waals surface area contributed by atoms with Gasteiger partial charge in [-0.15, -0.1) is 12.3 Å². The molecule has 0 unspecified atom stereocenters. The molecule has 2 nitrogen and oxygen atoms in total. The summed E-state index contributed by atoms with van der Waals surface area (Å²) >= 11 is 0. The van der Waals surface area contributed by atoms with Gasteiger partial charge >= 0.3 is 0 Å². The smallest absolute Gasteiger partial charge is 0.165 e. The minimum atomic E-state index is -0.478. The van der Waals surface area contributed by atoms with Crippen molar-refractivity contribution < 1.29 is 14.2 Å². The lowest BCUT2D eigenvalue weighted by atomic mass is 10.2. The number of hydrogen-bond acceptors (Lipinski definition) is 2. The molecule has 14 heavy (non-hydrogen) atoms. The van der Waals surface area contributed by atoms with E-state index < -0.39 is 5.82 Å². The largest absolute Gasteiger partial charge is 0.490 e. The van der Waals surface area contributed by atoms with Crippen molar-refractivity contribution in [3.8, 4) is 18.1 Å². The van der Waals surface area contributed by atoms with Crippen molar-refractivity contribution in [2.24, 2.45) is 0 Å². The Kier molecular flexibility index (Phi) is 3.96. The van der Waals surface area contributed by atoms with E-state index in [-0.39, 0.29) is 12.4 Å². The van der Waals surface area contributed by atoms with Crippen molar-refractivity contribution in [3.05, 3.63) is 29.6 Å². The van der Waals surface area contributed by atoms with Crippen molar-refractivity contribution in [1.29, 1.82) is 0 Å². The first kappa shape index (κ1) is 10.6. The van der Waals surface area contributed by atoms with E-state index in [4.69, 9.17) is 16.3 Å². The van der Waals surface area contributed by atoms with Gasteiger partial charge in [0.05, 0.1) is 13.2 Å². The molecule has 1 aromatic carbocycles. The fourth-order valence-corrected chi connectivity index (χ4v) is 0.980. The molecule has 0 saturated heterocycles. The molecule has 0 heterocycles. The zero-order valence-corrected chi connectivity index (χ0v) is 7.66. The van der Waals surface area contributed by atoms with Crippen molar-refractivity contribution >= 4 is 0 Å². The molecule has 0 aliphatic carbocycles. The quantitative estimate of drug-likeness (QED) is 0.584. The van der Waals surface area contributed by atoms with Gasteiger partial charge in [0.2, 0.25) is 0 Å². The normalized spacial score (nSPS) is 9.50. The molecule has 0 fully saturated rings. The first-order valence-corrected chi connectivity index (χ1v) is 4.23. The summed E-state index contributed by atoms with van der Waals surface area (Å²) in [6.45, 7) is 0.118. The third kappa shape index (κ3) is 2.75. The highest BCUT2D eigenvalue weighted by atomic mass is 19.1. The predicted molar refractivity (Wildman–Crippen MR) is 51.3 cm³/mol. The standard InChI is InChI=1S/C11H11FO2/c1-2-3-6-14-11-5-4-9(8-13)7-10(11)12/h1,4-5,7,13H,3,6,8H2. The molecule has 1 N–H and O–H groups in total. The van der Waals surface area contributed by atoms with Gasteiger partial charge in [-0.25, -0.2) is 4.39 Å². The molecule has 74 valence electrons. The van der Waals surface area contributed by atoms with E-state index in [1.54, 1.807) is 6.07 Å². The molecule has 0 saturated carbocycles. The Balaban J connectivity index is 2.65. The molecule has 3 heteroatoms. The summed E-state index contributed by atoms with van der Waals surface area (Å²) < 4.78 is 18.3. The number of halogens is 1. The maximum atomic E-state index is 13.2. The van der Waals surface area contributed by atoms with E-state index in [9.17, 15) is 4.39 Å². The third-order valence-electron chi connectivity index (χ3n) is 1.68. The zero-order valence-electron chi connectivity index (χ0n) is 7.66. The number of aliphatic hydroxyl groups is 1. The van der Waals surface area contributed by atoms with Crippen LogP contribution in [0.15, 0.2) is 18.2 Å². The van der Waals surface area contributed by atoms with E-state index in [2.05, 4.69) is 5.92 Å². The van der Waals surface area contributed by atoms with Crippen LogP contribution in [0.3, 0.4) is 0 Å². The molecular weight excluding hydrogens is 183 g/mol. The lowest BCUT2D eigenvalue weighted by Gasteiger charge is -2.06. The summed E-state index contributed by atoms with van der Waals surface area (Å²) in [6.07, 6.45) is 5.47. The highest BCUT2D eigenvalue weighted by molar-refractivity contribution is 5.28. The first-order chi connectivity index (χ1) is 6.77. The Morgan fingerprint density at radius 3 is 2.86 bits per heavy atom. The molecule has 0 spiro atoms. The van der Waals surface area contributed by atoms with Crippen LogP contribution in [0.5, 0.6) is 5.75 Å². The molecule has 0 atom stereocenters. The van der Waals surface area contributed by atoms with Gasteiger partial charge in [0.15, 0.2) is 11.6 Å². The highest BCUT2D eigenvalue weighted by Gasteiger charge is 2.03. The maximum absolute atomic E-state index is 13.2. The lowest BCUT2D eigenvalue weighted by Crippen LogP contribution is -1.98. The van der Waals surface area contributed by atoms with Crippen LogP contribution < -0.4 is 4.74 Å². The SMILES string of the molecule is C#CCCOc1ccc(CO)cc1F. The molecule has 0 aliphatic heterocycles. The van der Waals surface area contributed by atoms with E-state index in [0.29, 0.717) is 18.6 Å². The van der Waals surface area contributed by atoms with Crippen molar-refractivity contribution in [2.45, 2.75) is 13.0 Å². The average Bonchev–Trinajstić information content (AvgIpc) is 2.20. The molecule has 0 amide bonds. The summed E-state index contributed by atoms with van der Waals surface area (Å²) in [4.78, 5) is 0. The van der Waals surface area contributed by atoms with E-state index >= 15 is 0 Å². The number of terminal acetylenes is 1. The second kappa shape index (κ2) is 5.25. The Bertz CT molecular complexity index is 342. The Labute approximate surface area is 82.3 Å². The second-order valence-electron chi connectivity index (χ2n) is 2.73. The molecule has 1 rings (SSSR count). The van der Waals surface area contributed by atoms with Gasteiger partial charge in [-0.3, -0.25) is 0 Å². The van der Waals surface area contributed by atoms with Gasteiger partial charge in [0.25, 0.3) is 0 Å². The molecular formula is C11H11FO2. The first-order valence-electron chi connectivity index (χ1n) is 4.23. The molecule has 0 bridgehead atoms. The molecule has 0 aliphatic rings. The van der Waals surface area contributed by atoms with Gasteiger partial charge < -0.3 is 9.84 Å². The third-order valence-corrected chi connectivity index (χ3v) is 1.68. The Morgan fingerprint density at radius 2 is 2.29 bits per heavy atom. The zero-order chi connectivity index (χ0) is 10.4. The lowest BCUT2D eigenvalue weighted by molar-refractivity contribution is 0.279. The van der Waals surface area contributed by atoms with Gasteiger partial charge in [-0.1, -0.05) is 6.07 Å². The van der Waals surface area contributed by atoms with Crippen LogP contribution in [-0.4, -0.2) is 11.7 Å². The van der Waals surface area contributed by atoms with Crippen LogP contribution in [0.1, 0.15) is 12.0 Å². The highest BCUT2D eigenvalue weighted by Crippen LogP contribution is 2.18. The summed E-state index contributed by atoms with van der Waals surface area (Å²) in [6, 6.07) is 4.33. The van der Waals surface area contributed by atoms with Crippen LogP contribution in [0, 0.1) is 18.2 Å². The van der Waals surface area contributed by atoms with Crippen LogP contribution in [0.2, 0.25) is 0 Å². The van der Waals surface area contributed by atoms with Crippen LogP contribution in [0.4, 0.5) is 4.39 Å². The topological polar surface area (TPSA) is 29.5 Å². The summed E-state index contributed by atoms with van der Waals surface area (Å²) in [5.74, 6) is 2.08. The number of ether oxygens (including phenoxy) is 1. The van der Waals surface area contributed by atoms with Crippen LogP contribution in [-0.2, 0) is 6.61 Å². The van der Waals surface area contributed by atoms with Gasteiger partial charge in [-0.2, -0.15) is 0 Å². The van der Waals surface area contributed by atoms with Crippen LogP contribution >= 0.6 is 0 Å². The number of aliphatic hydroxyl groups excluding tert-OH is 1.